The molecule has 0 unspecified atom stereocenters. The fourth-order valence-electron chi connectivity index (χ4n) is 2.18. The predicted octanol–water partition coefficient (Wildman–Crippen LogP) is 3.91. The van der Waals surface area contributed by atoms with E-state index in [0.717, 1.165) is 16.7 Å². The Morgan fingerprint density at radius 1 is 0.889 bits per heavy atom. The molecule has 0 saturated carbocycles. The number of fused-ring (bicyclic) bond motifs is 1. The Balaban J connectivity index is 2.32. The van der Waals surface area contributed by atoms with E-state index in [-0.39, 0.29) is 0 Å². The maximum atomic E-state index is 5.36. The van der Waals surface area contributed by atoms with Crippen LogP contribution in [0.15, 0.2) is 60.8 Å². The first-order chi connectivity index (χ1) is 8.90. The molecule has 0 aliphatic carbocycles. The average Bonchev–Trinajstić information content (AvgIpc) is 2.47. The van der Waals surface area contributed by atoms with E-state index in [2.05, 4.69) is 29.2 Å². The van der Waals surface area contributed by atoms with Crippen molar-refractivity contribution in [3.63, 3.8) is 0 Å². The summed E-state index contributed by atoms with van der Waals surface area (Å²) in [6, 6.07) is 18.4. The molecule has 1 heterocycles. The van der Waals surface area contributed by atoms with E-state index in [1.807, 2.05) is 30.3 Å². The third kappa shape index (κ3) is 1.72. The van der Waals surface area contributed by atoms with Crippen LogP contribution in [0, 0.1) is 0 Å². The van der Waals surface area contributed by atoms with Gasteiger partial charge in [0.25, 0.3) is 0 Å². The van der Waals surface area contributed by atoms with Crippen LogP contribution in [0.3, 0.4) is 0 Å². The standard InChI is InChI=1S/C16H13NO/c1-18-15-10-9-13(12-6-3-2-4-7-12)14-8-5-11-17-16(14)15/h2-11H,1H3. The molecule has 2 nitrogen and oxygen atoms in total. The minimum Gasteiger partial charge on any atom is -0.494 e. The molecule has 0 N–H and O–H groups in total. The van der Waals surface area contributed by atoms with Gasteiger partial charge in [-0.3, -0.25) is 4.98 Å². The van der Waals surface area contributed by atoms with E-state index in [9.17, 15) is 0 Å². The van der Waals surface area contributed by atoms with E-state index in [1.165, 1.54) is 11.1 Å². The molecule has 0 radical (unpaired) electrons. The number of hydrogen-bond acceptors (Lipinski definition) is 2. The number of pyridine rings is 1. The van der Waals surface area contributed by atoms with Crippen molar-refractivity contribution in [1.29, 1.82) is 0 Å². The van der Waals surface area contributed by atoms with Crippen LogP contribution in [-0.4, -0.2) is 12.1 Å². The number of hydrogen-bond donors (Lipinski definition) is 0. The number of aromatic nitrogens is 1. The molecule has 3 aromatic rings. The Kier molecular flexibility index (Phi) is 2.69. The summed E-state index contributed by atoms with van der Waals surface area (Å²) in [6.07, 6.45) is 1.79. The van der Waals surface area contributed by atoms with Gasteiger partial charge in [-0.1, -0.05) is 36.4 Å². The lowest BCUT2D eigenvalue weighted by atomic mass is 10.0. The topological polar surface area (TPSA) is 22.1 Å². The van der Waals surface area contributed by atoms with Gasteiger partial charge in [-0.15, -0.1) is 0 Å². The summed E-state index contributed by atoms with van der Waals surface area (Å²) in [7, 11) is 1.67. The van der Waals surface area contributed by atoms with Crippen LogP contribution in [0.5, 0.6) is 5.75 Å². The number of rotatable bonds is 2. The van der Waals surface area contributed by atoms with Gasteiger partial charge >= 0.3 is 0 Å². The van der Waals surface area contributed by atoms with Crippen LogP contribution < -0.4 is 4.74 Å². The maximum absolute atomic E-state index is 5.36. The first-order valence-electron chi connectivity index (χ1n) is 5.87. The Bertz CT molecular complexity index is 677. The van der Waals surface area contributed by atoms with Gasteiger partial charge in [0.2, 0.25) is 0 Å². The molecule has 2 heteroatoms. The highest BCUT2D eigenvalue weighted by molar-refractivity contribution is 5.97. The quantitative estimate of drug-likeness (QED) is 0.671. The molecule has 0 aliphatic heterocycles. The number of benzene rings is 2. The maximum Gasteiger partial charge on any atom is 0.145 e. The molecule has 0 spiro atoms. The number of ether oxygens (including phenoxy) is 1. The first-order valence-corrected chi connectivity index (χ1v) is 5.87. The molecule has 0 atom stereocenters. The molecule has 88 valence electrons. The lowest BCUT2D eigenvalue weighted by Crippen LogP contribution is -1.89. The van der Waals surface area contributed by atoms with E-state index in [4.69, 9.17) is 4.74 Å². The highest BCUT2D eigenvalue weighted by Crippen LogP contribution is 2.32. The normalized spacial score (nSPS) is 10.5. The Morgan fingerprint density at radius 3 is 2.50 bits per heavy atom. The Labute approximate surface area is 106 Å². The Hall–Kier alpha value is -2.35. The van der Waals surface area contributed by atoms with E-state index in [0.29, 0.717) is 0 Å². The SMILES string of the molecule is COc1ccc(-c2ccccc2)c2cccnc12. The van der Waals surface area contributed by atoms with Crippen molar-refractivity contribution in [2.24, 2.45) is 0 Å². The van der Waals surface area contributed by atoms with Crippen molar-refractivity contribution in [1.82, 2.24) is 4.98 Å². The zero-order chi connectivity index (χ0) is 12.4. The Morgan fingerprint density at radius 2 is 1.72 bits per heavy atom. The van der Waals surface area contributed by atoms with Gasteiger partial charge in [-0.2, -0.15) is 0 Å². The lowest BCUT2D eigenvalue weighted by Gasteiger charge is -2.09. The lowest BCUT2D eigenvalue weighted by molar-refractivity contribution is 0.419. The van der Waals surface area contributed by atoms with Crippen LogP contribution in [0.4, 0.5) is 0 Å². The first kappa shape index (κ1) is 10.8. The minimum absolute atomic E-state index is 0.810. The van der Waals surface area contributed by atoms with Crippen molar-refractivity contribution in [2.75, 3.05) is 7.11 Å². The van der Waals surface area contributed by atoms with Gasteiger partial charge in [-0.05, 0) is 29.3 Å². The number of methoxy groups -OCH3 is 1. The molecule has 18 heavy (non-hydrogen) atoms. The van der Waals surface area contributed by atoms with Crippen LogP contribution in [0.2, 0.25) is 0 Å². The van der Waals surface area contributed by atoms with E-state index >= 15 is 0 Å². The second kappa shape index (κ2) is 4.49. The minimum atomic E-state index is 0.810. The van der Waals surface area contributed by atoms with E-state index < -0.39 is 0 Å². The zero-order valence-corrected chi connectivity index (χ0v) is 10.1. The zero-order valence-electron chi connectivity index (χ0n) is 10.1. The van der Waals surface area contributed by atoms with Crippen LogP contribution in [-0.2, 0) is 0 Å². The number of nitrogens with zero attached hydrogens (tertiary/aromatic N) is 1. The van der Waals surface area contributed by atoms with Gasteiger partial charge in [0.1, 0.15) is 11.3 Å². The fraction of sp³-hybridized carbons (Fsp3) is 0.0625. The summed E-state index contributed by atoms with van der Waals surface area (Å²) in [4.78, 5) is 4.41. The molecule has 3 rings (SSSR count). The summed E-state index contributed by atoms with van der Waals surface area (Å²) in [5, 5.41) is 1.11. The summed E-state index contributed by atoms with van der Waals surface area (Å²) in [6.45, 7) is 0. The van der Waals surface area contributed by atoms with Gasteiger partial charge < -0.3 is 4.74 Å². The highest BCUT2D eigenvalue weighted by Gasteiger charge is 2.08. The van der Waals surface area contributed by atoms with Gasteiger partial charge in [0.05, 0.1) is 7.11 Å². The summed E-state index contributed by atoms with van der Waals surface area (Å²) < 4.78 is 5.36. The smallest absolute Gasteiger partial charge is 0.145 e. The summed E-state index contributed by atoms with van der Waals surface area (Å²) in [5.41, 5.74) is 3.28. The van der Waals surface area contributed by atoms with Gasteiger partial charge in [0, 0.05) is 11.6 Å². The monoisotopic (exact) mass is 235 g/mol. The molecule has 0 saturated heterocycles. The van der Waals surface area contributed by atoms with Crippen LogP contribution in [0.1, 0.15) is 0 Å². The van der Waals surface area contributed by atoms with Crippen LogP contribution in [0.25, 0.3) is 22.0 Å². The molecule has 0 fully saturated rings. The third-order valence-electron chi connectivity index (χ3n) is 3.04. The fourth-order valence-corrected chi connectivity index (χ4v) is 2.18. The molecule has 1 aromatic heterocycles. The van der Waals surface area contributed by atoms with Crippen molar-refractivity contribution in [3.8, 4) is 16.9 Å². The van der Waals surface area contributed by atoms with Gasteiger partial charge in [-0.25, -0.2) is 0 Å². The predicted molar refractivity (Wildman–Crippen MR) is 73.7 cm³/mol. The molecule has 2 aromatic carbocycles. The highest BCUT2D eigenvalue weighted by atomic mass is 16.5. The molecular formula is C16H13NO. The third-order valence-corrected chi connectivity index (χ3v) is 3.04. The van der Waals surface area contributed by atoms with E-state index in [1.54, 1.807) is 13.3 Å². The molecular weight excluding hydrogens is 222 g/mol. The largest absolute Gasteiger partial charge is 0.494 e. The van der Waals surface area contributed by atoms with Crippen molar-refractivity contribution in [2.45, 2.75) is 0 Å². The second-order valence-corrected chi connectivity index (χ2v) is 4.08. The summed E-state index contributed by atoms with van der Waals surface area (Å²) >= 11 is 0. The molecule has 0 amide bonds. The second-order valence-electron chi connectivity index (χ2n) is 4.08. The molecule has 0 bridgehead atoms. The van der Waals surface area contributed by atoms with Crippen molar-refractivity contribution >= 4 is 10.9 Å². The van der Waals surface area contributed by atoms with Crippen molar-refractivity contribution in [3.05, 3.63) is 60.8 Å². The average molecular weight is 235 g/mol. The van der Waals surface area contributed by atoms with Crippen molar-refractivity contribution < 1.29 is 4.74 Å². The summed E-state index contributed by atoms with van der Waals surface area (Å²) in [5.74, 6) is 0.810. The van der Waals surface area contributed by atoms with Crippen LogP contribution >= 0.6 is 0 Å². The van der Waals surface area contributed by atoms with Gasteiger partial charge in [0.15, 0.2) is 0 Å². The molecule has 0 aliphatic rings.